The number of anilines is 1. The largest absolute Gasteiger partial charge is 0.409 e. The number of nitrogens with zero attached hydrogens (tertiary/aromatic N) is 1. The van der Waals surface area contributed by atoms with Crippen molar-refractivity contribution in [3.05, 3.63) is 29.8 Å². The topological polar surface area (TPSA) is 99.7 Å². The molecule has 0 spiro atoms. The first kappa shape index (κ1) is 14.8. The lowest BCUT2D eigenvalue weighted by Crippen LogP contribution is -2.49. The van der Waals surface area contributed by atoms with Gasteiger partial charge >= 0.3 is 6.03 Å². The van der Waals surface area contributed by atoms with E-state index >= 15 is 0 Å². The van der Waals surface area contributed by atoms with Crippen molar-refractivity contribution in [3.63, 3.8) is 0 Å². The number of nitrogens with one attached hydrogen (secondary N) is 2. The summed E-state index contributed by atoms with van der Waals surface area (Å²) in [6.45, 7) is 5.68. The Labute approximate surface area is 112 Å². The van der Waals surface area contributed by atoms with Gasteiger partial charge in [-0.1, -0.05) is 31.1 Å². The van der Waals surface area contributed by atoms with Gasteiger partial charge in [0, 0.05) is 5.69 Å². The maximum Gasteiger partial charge on any atom is 0.319 e. The molecule has 0 heterocycles. The fourth-order valence-electron chi connectivity index (χ4n) is 1.68. The average Bonchev–Trinajstić information content (AvgIpc) is 2.34. The highest BCUT2D eigenvalue weighted by Gasteiger charge is 2.20. The van der Waals surface area contributed by atoms with Crippen LogP contribution in [0, 0.1) is 12.8 Å². The first-order chi connectivity index (χ1) is 8.93. The monoisotopic (exact) mass is 264 g/mol. The molecule has 6 nitrogen and oxygen atoms in total. The Morgan fingerprint density at radius 2 is 2.11 bits per heavy atom. The molecule has 1 atom stereocenters. The minimum atomic E-state index is -0.519. The van der Waals surface area contributed by atoms with E-state index in [0.717, 1.165) is 5.56 Å². The molecule has 5 N–H and O–H groups in total. The lowest BCUT2D eigenvalue weighted by molar-refractivity contribution is 0.248. The van der Waals surface area contributed by atoms with Crippen molar-refractivity contribution in [2.45, 2.75) is 26.8 Å². The van der Waals surface area contributed by atoms with Gasteiger partial charge in [0.05, 0.1) is 6.04 Å². The quantitative estimate of drug-likeness (QED) is 0.289. The number of nitrogens with two attached hydrogens (primary N) is 1. The summed E-state index contributed by atoms with van der Waals surface area (Å²) in [6, 6.07) is 6.53. The zero-order valence-corrected chi connectivity index (χ0v) is 11.3. The molecule has 104 valence electrons. The van der Waals surface area contributed by atoms with Crippen LogP contribution in [0.2, 0.25) is 0 Å². The summed E-state index contributed by atoms with van der Waals surface area (Å²) in [7, 11) is 0. The number of aryl methyl sites for hydroxylation is 1. The van der Waals surface area contributed by atoms with Crippen LogP contribution in [-0.2, 0) is 0 Å². The highest BCUT2D eigenvalue weighted by Crippen LogP contribution is 2.09. The molecule has 0 aliphatic rings. The van der Waals surface area contributed by atoms with Gasteiger partial charge in [0.2, 0.25) is 0 Å². The van der Waals surface area contributed by atoms with Crippen molar-refractivity contribution in [3.8, 4) is 0 Å². The van der Waals surface area contributed by atoms with Crippen LogP contribution in [0.15, 0.2) is 29.4 Å². The van der Waals surface area contributed by atoms with Crippen molar-refractivity contribution in [2.75, 3.05) is 5.32 Å². The summed E-state index contributed by atoms with van der Waals surface area (Å²) in [4.78, 5) is 11.8. The first-order valence-corrected chi connectivity index (χ1v) is 6.05. The highest BCUT2D eigenvalue weighted by molar-refractivity contribution is 5.94. The molecule has 0 aromatic heterocycles. The molecule has 1 aromatic carbocycles. The van der Waals surface area contributed by atoms with Crippen molar-refractivity contribution in [1.82, 2.24) is 5.32 Å². The number of oxime groups is 1. The van der Waals surface area contributed by atoms with Crippen LogP contribution in [0.3, 0.4) is 0 Å². The van der Waals surface area contributed by atoms with Crippen molar-refractivity contribution in [2.24, 2.45) is 16.8 Å². The maximum absolute atomic E-state index is 11.8. The van der Waals surface area contributed by atoms with Gasteiger partial charge in [0.15, 0.2) is 5.84 Å². The van der Waals surface area contributed by atoms with E-state index in [1.807, 2.05) is 39.0 Å². The minimum absolute atomic E-state index is 0.0131. The van der Waals surface area contributed by atoms with Gasteiger partial charge in [-0.3, -0.25) is 0 Å². The lowest BCUT2D eigenvalue weighted by atomic mass is 10.0. The number of amidine groups is 1. The Morgan fingerprint density at radius 3 is 2.63 bits per heavy atom. The summed E-state index contributed by atoms with van der Waals surface area (Å²) in [5, 5.41) is 17.0. The maximum atomic E-state index is 11.8. The van der Waals surface area contributed by atoms with E-state index in [1.165, 1.54) is 0 Å². The standard InChI is InChI=1S/C13H20N4O2/c1-8(2)11(12(14)17-19)16-13(18)15-10-6-4-5-9(3)7-10/h4-8,11,19H,1-3H3,(H2,14,17)(H2,15,16,18). The summed E-state index contributed by atoms with van der Waals surface area (Å²) in [6.07, 6.45) is 0. The Kier molecular flexibility index (Phi) is 5.17. The van der Waals surface area contributed by atoms with Crippen molar-refractivity contribution in [1.29, 1.82) is 0 Å². The molecule has 2 amide bonds. The van der Waals surface area contributed by atoms with Crippen LogP contribution in [0.1, 0.15) is 19.4 Å². The number of hydrogen-bond acceptors (Lipinski definition) is 3. The third kappa shape index (κ3) is 4.50. The van der Waals surface area contributed by atoms with Crippen LogP contribution in [0.25, 0.3) is 0 Å². The van der Waals surface area contributed by atoms with Gasteiger partial charge in [-0.15, -0.1) is 0 Å². The smallest absolute Gasteiger partial charge is 0.319 e. The molecular formula is C13H20N4O2. The van der Waals surface area contributed by atoms with E-state index in [4.69, 9.17) is 10.9 Å². The lowest BCUT2D eigenvalue weighted by Gasteiger charge is -2.21. The van der Waals surface area contributed by atoms with Gasteiger partial charge in [-0.05, 0) is 30.5 Å². The van der Waals surface area contributed by atoms with Crippen LogP contribution in [-0.4, -0.2) is 23.1 Å². The van der Waals surface area contributed by atoms with Crippen LogP contribution < -0.4 is 16.4 Å². The number of carbonyl (C=O) groups is 1. The molecule has 1 unspecified atom stereocenters. The second kappa shape index (κ2) is 6.63. The first-order valence-electron chi connectivity index (χ1n) is 6.05. The zero-order valence-electron chi connectivity index (χ0n) is 11.3. The number of hydrogen-bond donors (Lipinski definition) is 4. The summed E-state index contributed by atoms with van der Waals surface area (Å²) < 4.78 is 0. The van der Waals surface area contributed by atoms with Gasteiger partial charge in [-0.25, -0.2) is 4.79 Å². The molecule has 0 fully saturated rings. The minimum Gasteiger partial charge on any atom is -0.409 e. The second-order valence-electron chi connectivity index (χ2n) is 4.71. The van der Waals surface area contributed by atoms with Crippen LogP contribution in [0.5, 0.6) is 0 Å². The molecule has 1 rings (SSSR count). The van der Waals surface area contributed by atoms with E-state index in [9.17, 15) is 4.79 Å². The molecule has 0 aliphatic heterocycles. The second-order valence-corrected chi connectivity index (χ2v) is 4.71. The molecule has 19 heavy (non-hydrogen) atoms. The predicted molar refractivity (Wildman–Crippen MR) is 75.4 cm³/mol. The summed E-state index contributed by atoms with van der Waals surface area (Å²) in [5.74, 6) is -0.00597. The number of urea groups is 1. The van der Waals surface area contributed by atoms with Gasteiger partial charge in [0.1, 0.15) is 0 Å². The Bertz CT molecular complexity index is 471. The SMILES string of the molecule is Cc1cccc(NC(=O)NC(C(N)=NO)C(C)C)c1. The molecule has 0 radical (unpaired) electrons. The average molecular weight is 264 g/mol. The van der Waals surface area contributed by atoms with Crippen molar-refractivity contribution < 1.29 is 10.0 Å². The Morgan fingerprint density at radius 1 is 1.42 bits per heavy atom. The van der Waals surface area contributed by atoms with Gasteiger partial charge in [-0.2, -0.15) is 0 Å². The van der Waals surface area contributed by atoms with E-state index < -0.39 is 12.1 Å². The third-order valence-corrected chi connectivity index (χ3v) is 2.66. The predicted octanol–water partition coefficient (Wildman–Crippen LogP) is 1.89. The molecule has 0 aliphatic carbocycles. The molecule has 1 aromatic rings. The Balaban J connectivity index is 2.68. The number of carbonyl (C=O) groups excluding carboxylic acids is 1. The molecule has 0 saturated heterocycles. The summed E-state index contributed by atoms with van der Waals surface area (Å²) >= 11 is 0. The molecule has 0 saturated carbocycles. The van der Waals surface area contributed by atoms with E-state index in [0.29, 0.717) is 5.69 Å². The fraction of sp³-hybridized carbons (Fsp3) is 0.385. The number of rotatable bonds is 4. The zero-order chi connectivity index (χ0) is 14.4. The van der Waals surface area contributed by atoms with Gasteiger partial charge < -0.3 is 21.6 Å². The number of amides is 2. The molecular weight excluding hydrogens is 244 g/mol. The highest BCUT2D eigenvalue weighted by atomic mass is 16.4. The molecule has 0 bridgehead atoms. The molecule has 6 heteroatoms. The normalized spacial score (nSPS) is 13.2. The fourth-order valence-corrected chi connectivity index (χ4v) is 1.68. The van der Waals surface area contributed by atoms with E-state index in [1.54, 1.807) is 6.07 Å². The Hall–Kier alpha value is -2.24. The van der Waals surface area contributed by atoms with E-state index in [2.05, 4.69) is 15.8 Å². The van der Waals surface area contributed by atoms with Gasteiger partial charge in [0.25, 0.3) is 0 Å². The van der Waals surface area contributed by atoms with Crippen molar-refractivity contribution >= 4 is 17.6 Å². The number of benzene rings is 1. The third-order valence-electron chi connectivity index (χ3n) is 2.66. The van der Waals surface area contributed by atoms with E-state index in [-0.39, 0.29) is 11.8 Å². The van der Waals surface area contributed by atoms with Crippen LogP contribution in [0.4, 0.5) is 10.5 Å². The summed E-state index contributed by atoms with van der Waals surface area (Å²) in [5.41, 5.74) is 7.29. The van der Waals surface area contributed by atoms with Crippen LogP contribution >= 0.6 is 0 Å².